The minimum atomic E-state index is -0.644. The lowest BCUT2D eigenvalue weighted by Crippen LogP contribution is -2.22. The van der Waals surface area contributed by atoms with Crippen molar-refractivity contribution in [3.05, 3.63) is 52.5 Å². The van der Waals surface area contributed by atoms with Crippen molar-refractivity contribution in [1.82, 2.24) is 0 Å². The van der Waals surface area contributed by atoms with Gasteiger partial charge in [-0.2, -0.15) is 0 Å². The Morgan fingerprint density at radius 3 is 2.31 bits per heavy atom. The third kappa shape index (κ3) is 6.80. The molecule has 0 aliphatic heterocycles. The van der Waals surface area contributed by atoms with Gasteiger partial charge in [-0.1, -0.05) is 29.8 Å². The number of carbonyl (C=O) groups is 3. The Hall–Kier alpha value is -3.06. The maximum Gasteiger partial charge on any atom is 0.306 e. The zero-order valence-electron chi connectivity index (χ0n) is 16.5. The first-order chi connectivity index (χ1) is 13.8. The monoisotopic (exact) mass is 418 g/mol. The van der Waals surface area contributed by atoms with E-state index in [0.717, 1.165) is 11.1 Å². The molecular weight excluding hydrogens is 396 g/mol. The van der Waals surface area contributed by atoms with E-state index in [1.54, 1.807) is 18.2 Å². The van der Waals surface area contributed by atoms with Crippen LogP contribution in [0.25, 0.3) is 0 Å². The van der Waals surface area contributed by atoms with Gasteiger partial charge in [0.15, 0.2) is 6.61 Å². The number of hydrogen-bond donors (Lipinski definition) is 2. The predicted octanol–water partition coefficient (Wildman–Crippen LogP) is 3.87. The fraction of sp³-hybridized carbons (Fsp3) is 0.286. The standard InChI is InChI=1S/C21H23ClN2O5/c1-13-5-4-6-14(2)21(13)24-19(26)12-29-20(27)10-9-18(25)23-16-11-15(22)7-8-17(16)28-3/h4-8,11H,9-10,12H2,1-3H3,(H,23,25)(H,24,26). The average Bonchev–Trinajstić information content (AvgIpc) is 2.68. The molecule has 0 atom stereocenters. The first-order valence-electron chi connectivity index (χ1n) is 8.95. The SMILES string of the molecule is COc1ccc(Cl)cc1NC(=O)CCC(=O)OCC(=O)Nc1c(C)cccc1C. The molecule has 0 heterocycles. The van der Waals surface area contributed by atoms with Crippen molar-refractivity contribution < 1.29 is 23.9 Å². The normalized spacial score (nSPS) is 10.2. The van der Waals surface area contributed by atoms with Gasteiger partial charge in [0.2, 0.25) is 5.91 Å². The van der Waals surface area contributed by atoms with Crippen LogP contribution in [0, 0.1) is 13.8 Å². The van der Waals surface area contributed by atoms with Gasteiger partial charge in [-0.15, -0.1) is 0 Å². The molecule has 0 aliphatic rings. The summed E-state index contributed by atoms with van der Waals surface area (Å²) in [4.78, 5) is 35.9. The van der Waals surface area contributed by atoms with Crippen LogP contribution in [0.1, 0.15) is 24.0 Å². The van der Waals surface area contributed by atoms with Crippen LogP contribution in [-0.2, 0) is 19.1 Å². The van der Waals surface area contributed by atoms with Crippen LogP contribution in [-0.4, -0.2) is 31.5 Å². The average molecular weight is 419 g/mol. The van der Waals surface area contributed by atoms with Gasteiger partial charge in [-0.25, -0.2) is 0 Å². The van der Waals surface area contributed by atoms with E-state index in [4.69, 9.17) is 21.1 Å². The third-order valence-electron chi connectivity index (χ3n) is 4.10. The number of carbonyl (C=O) groups excluding carboxylic acids is 3. The highest BCUT2D eigenvalue weighted by molar-refractivity contribution is 6.31. The molecule has 7 nitrogen and oxygen atoms in total. The molecule has 0 saturated carbocycles. The fourth-order valence-corrected chi connectivity index (χ4v) is 2.78. The number of amides is 2. The topological polar surface area (TPSA) is 93.7 Å². The van der Waals surface area contributed by atoms with Crippen LogP contribution in [0.5, 0.6) is 5.75 Å². The molecule has 2 N–H and O–H groups in total. The summed E-state index contributed by atoms with van der Waals surface area (Å²) < 4.78 is 10.1. The van der Waals surface area contributed by atoms with Crippen molar-refractivity contribution >= 4 is 40.8 Å². The molecular formula is C21H23ClN2O5. The van der Waals surface area contributed by atoms with E-state index in [9.17, 15) is 14.4 Å². The Morgan fingerprint density at radius 2 is 1.66 bits per heavy atom. The number of ether oxygens (including phenoxy) is 2. The second-order valence-electron chi connectivity index (χ2n) is 6.37. The summed E-state index contributed by atoms with van der Waals surface area (Å²) in [7, 11) is 1.47. The van der Waals surface area contributed by atoms with Crippen molar-refractivity contribution in [2.75, 3.05) is 24.4 Å². The summed E-state index contributed by atoms with van der Waals surface area (Å²) in [6.07, 6.45) is -0.265. The van der Waals surface area contributed by atoms with Gasteiger partial charge in [0.05, 0.1) is 19.2 Å². The number of hydrogen-bond acceptors (Lipinski definition) is 5. The lowest BCUT2D eigenvalue weighted by molar-refractivity contribution is -0.147. The minimum Gasteiger partial charge on any atom is -0.495 e. The molecule has 0 bridgehead atoms. The van der Waals surface area contributed by atoms with Crippen molar-refractivity contribution in [3.63, 3.8) is 0 Å². The summed E-state index contributed by atoms with van der Waals surface area (Å²) >= 11 is 5.91. The van der Waals surface area contributed by atoms with Gasteiger partial charge in [0.25, 0.3) is 5.91 Å². The van der Waals surface area contributed by atoms with E-state index in [2.05, 4.69) is 10.6 Å². The van der Waals surface area contributed by atoms with Crippen LogP contribution >= 0.6 is 11.6 Å². The second-order valence-corrected chi connectivity index (χ2v) is 6.80. The van der Waals surface area contributed by atoms with Crippen LogP contribution in [0.2, 0.25) is 5.02 Å². The summed E-state index contributed by atoms with van der Waals surface area (Å²) in [5.41, 5.74) is 2.94. The van der Waals surface area contributed by atoms with Gasteiger partial charge in [-0.05, 0) is 43.2 Å². The number of methoxy groups -OCH3 is 1. The number of para-hydroxylation sites is 1. The van der Waals surface area contributed by atoms with Crippen LogP contribution in [0.4, 0.5) is 11.4 Å². The van der Waals surface area contributed by atoms with Gasteiger partial charge in [-0.3, -0.25) is 14.4 Å². The van der Waals surface area contributed by atoms with Crippen molar-refractivity contribution in [3.8, 4) is 5.75 Å². The van der Waals surface area contributed by atoms with Gasteiger partial charge < -0.3 is 20.1 Å². The molecule has 2 aromatic rings. The van der Waals surface area contributed by atoms with Gasteiger partial charge in [0, 0.05) is 17.1 Å². The molecule has 0 spiro atoms. The molecule has 0 fully saturated rings. The minimum absolute atomic E-state index is 0.104. The number of rotatable bonds is 8. The summed E-state index contributed by atoms with van der Waals surface area (Å²) in [6.45, 7) is 3.33. The largest absolute Gasteiger partial charge is 0.495 e. The first-order valence-corrected chi connectivity index (χ1v) is 9.33. The smallest absolute Gasteiger partial charge is 0.306 e. The molecule has 2 amide bonds. The molecule has 2 aromatic carbocycles. The molecule has 0 saturated heterocycles. The maximum absolute atomic E-state index is 12.1. The Balaban J connectivity index is 1.77. The lowest BCUT2D eigenvalue weighted by Gasteiger charge is -2.12. The zero-order valence-corrected chi connectivity index (χ0v) is 17.3. The quantitative estimate of drug-likeness (QED) is 0.635. The van der Waals surface area contributed by atoms with E-state index >= 15 is 0 Å². The van der Waals surface area contributed by atoms with E-state index in [0.29, 0.717) is 22.1 Å². The maximum atomic E-state index is 12.1. The Kier molecular flexibility index (Phi) is 8.03. The molecule has 8 heteroatoms. The Labute approximate surface area is 174 Å². The number of aryl methyl sites for hydroxylation is 2. The Bertz CT molecular complexity index is 894. The molecule has 0 aliphatic carbocycles. The summed E-state index contributed by atoms with van der Waals surface area (Å²) in [5.74, 6) is -1.03. The number of benzene rings is 2. The summed E-state index contributed by atoms with van der Waals surface area (Å²) in [6, 6.07) is 10.5. The molecule has 0 unspecified atom stereocenters. The third-order valence-corrected chi connectivity index (χ3v) is 4.34. The zero-order chi connectivity index (χ0) is 21.4. The van der Waals surface area contributed by atoms with E-state index in [1.165, 1.54) is 7.11 Å². The second kappa shape index (κ2) is 10.5. The van der Waals surface area contributed by atoms with Gasteiger partial charge in [0.1, 0.15) is 5.75 Å². The van der Waals surface area contributed by atoms with Crippen LogP contribution in [0.15, 0.2) is 36.4 Å². The fourth-order valence-electron chi connectivity index (χ4n) is 2.61. The van der Waals surface area contributed by atoms with Crippen LogP contribution in [0.3, 0.4) is 0 Å². The Morgan fingerprint density at radius 1 is 0.966 bits per heavy atom. The summed E-state index contributed by atoms with van der Waals surface area (Å²) in [5, 5.41) is 5.80. The van der Waals surface area contributed by atoms with Gasteiger partial charge >= 0.3 is 5.97 Å². The first kappa shape index (κ1) is 22.2. The molecule has 0 radical (unpaired) electrons. The van der Waals surface area contributed by atoms with Crippen molar-refractivity contribution in [2.24, 2.45) is 0 Å². The highest BCUT2D eigenvalue weighted by Crippen LogP contribution is 2.27. The van der Waals surface area contributed by atoms with E-state index < -0.39 is 24.4 Å². The molecule has 154 valence electrons. The van der Waals surface area contributed by atoms with Crippen LogP contribution < -0.4 is 15.4 Å². The number of esters is 1. The highest BCUT2D eigenvalue weighted by Gasteiger charge is 2.13. The number of halogens is 1. The predicted molar refractivity (Wildman–Crippen MR) is 111 cm³/mol. The van der Waals surface area contributed by atoms with E-state index in [1.807, 2.05) is 32.0 Å². The lowest BCUT2D eigenvalue weighted by atomic mass is 10.1. The van der Waals surface area contributed by atoms with E-state index in [-0.39, 0.29) is 12.8 Å². The van der Waals surface area contributed by atoms with Crippen molar-refractivity contribution in [1.29, 1.82) is 0 Å². The number of anilines is 2. The molecule has 29 heavy (non-hydrogen) atoms. The molecule has 0 aromatic heterocycles. The highest BCUT2D eigenvalue weighted by atomic mass is 35.5. The van der Waals surface area contributed by atoms with Crippen molar-refractivity contribution in [2.45, 2.75) is 26.7 Å². The number of nitrogens with one attached hydrogen (secondary N) is 2. The molecule has 2 rings (SSSR count).